The molecule has 1 atom stereocenters. The van der Waals surface area contributed by atoms with Gasteiger partial charge in [-0.05, 0) is 30.0 Å². The molecule has 1 aliphatic carbocycles. The van der Waals surface area contributed by atoms with Gasteiger partial charge in [-0.3, -0.25) is 24.3 Å². The first kappa shape index (κ1) is 19.3. The molecule has 2 aliphatic rings. The molecule has 3 aromatic rings. The zero-order valence-electron chi connectivity index (χ0n) is 16.4. The van der Waals surface area contributed by atoms with Gasteiger partial charge in [0.05, 0.1) is 21.2 Å². The highest BCUT2D eigenvalue weighted by Gasteiger charge is 2.34. The Bertz CT molecular complexity index is 1430. The predicted molar refractivity (Wildman–Crippen MR) is 116 cm³/mol. The molecule has 154 valence electrons. The summed E-state index contributed by atoms with van der Waals surface area (Å²) in [5, 5.41) is 11.1. The van der Waals surface area contributed by atoms with Crippen LogP contribution in [0.2, 0.25) is 0 Å². The van der Waals surface area contributed by atoms with Crippen molar-refractivity contribution < 1.29 is 9.72 Å². The maximum atomic E-state index is 13.4. The molecule has 0 fully saturated rings. The van der Waals surface area contributed by atoms with Crippen molar-refractivity contribution in [3.8, 4) is 0 Å². The Balaban J connectivity index is 1.74. The molecule has 1 unspecified atom stereocenters. The molecule has 31 heavy (non-hydrogen) atoms. The lowest BCUT2D eigenvalue weighted by Crippen LogP contribution is -2.40. The zero-order valence-corrected chi connectivity index (χ0v) is 17.2. The first-order valence-corrected chi connectivity index (χ1v) is 10.7. The van der Waals surface area contributed by atoms with E-state index in [1.807, 2.05) is 30.3 Å². The van der Waals surface area contributed by atoms with E-state index in [0.717, 1.165) is 17.7 Å². The molecule has 0 saturated heterocycles. The molecule has 0 N–H and O–H groups in total. The van der Waals surface area contributed by atoms with Crippen LogP contribution in [0.3, 0.4) is 0 Å². The van der Waals surface area contributed by atoms with Gasteiger partial charge in [0, 0.05) is 24.1 Å². The Morgan fingerprint density at radius 3 is 2.68 bits per heavy atom. The van der Waals surface area contributed by atoms with Crippen molar-refractivity contribution >= 4 is 28.9 Å². The average Bonchev–Trinajstić information content (AvgIpc) is 3.08. The summed E-state index contributed by atoms with van der Waals surface area (Å²) in [6, 6.07) is 15.2. The number of ketones is 1. The van der Waals surface area contributed by atoms with E-state index in [4.69, 9.17) is 0 Å². The number of fused-ring (bicyclic) bond motifs is 1. The van der Waals surface area contributed by atoms with Crippen molar-refractivity contribution in [2.45, 2.75) is 25.3 Å². The monoisotopic (exact) mass is 431 g/mol. The van der Waals surface area contributed by atoms with Crippen molar-refractivity contribution in [3.63, 3.8) is 0 Å². The minimum Gasteiger partial charge on any atom is -0.294 e. The standard InChI is InChI=1S/C23H17N3O4S/c27-18-11-5-10-17-20(18)21(15-7-2-1-3-8-15)25-22(28)19(31-23(25)24-17)13-14-6-4-9-16(12-14)26(29)30/h1-4,6-9,12-13,21H,5,10-11H2. The summed E-state index contributed by atoms with van der Waals surface area (Å²) in [6.45, 7) is 0. The normalized spacial score (nSPS) is 18.4. The Labute approximate surface area is 180 Å². The summed E-state index contributed by atoms with van der Waals surface area (Å²) in [5.41, 5.74) is 2.50. The third-order valence-corrected chi connectivity index (χ3v) is 6.50. The van der Waals surface area contributed by atoms with Crippen LogP contribution in [0.1, 0.15) is 36.4 Å². The summed E-state index contributed by atoms with van der Waals surface area (Å²) in [7, 11) is 0. The SMILES string of the molecule is O=C1CCCC2=C1C(c1ccccc1)n1c(sc(=Cc3cccc([N+](=O)[O-])c3)c1=O)=N2. The molecule has 2 aromatic carbocycles. The Hall–Kier alpha value is -3.65. The van der Waals surface area contributed by atoms with Crippen molar-refractivity contribution in [2.24, 2.45) is 4.99 Å². The second-order valence-corrected chi connectivity index (χ2v) is 8.49. The molecule has 0 radical (unpaired) electrons. The summed E-state index contributed by atoms with van der Waals surface area (Å²) in [4.78, 5) is 42.1. The third-order valence-electron chi connectivity index (χ3n) is 5.52. The quantitative estimate of drug-likeness (QED) is 0.471. The number of hydrogen-bond acceptors (Lipinski definition) is 6. The number of nitrogens with zero attached hydrogens (tertiary/aromatic N) is 3. The first-order chi connectivity index (χ1) is 15.0. The number of allylic oxidation sites excluding steroid dienone is 2. The fourth-order valence-electron chi connectivity index (χ4n) is 4.14. The number of benzene rings is 2. The topological polar surface area (TPSA) is 94.6 Å². The molecule has 0 bridgehead atoms. The summed E-state index contributed by atoms with van der Waals surface area (Å²) < 4.78 is 2.01. The molecular formula is C23H17N3O4S. The highest BCUT2D eigenvalue weighted by molar-refractivity contribution is 7.07. The number of carbonyl (C=O) groups is 1. The predicted octanol–water partition coefficient (Wildman–Crippen LogP) is 2.88. The molecule has 5 rings (SSSR count). The highest BCUT2D eigenvalue weighted by Crippen LogP contribution is 2.35. The van der Waals surface area contributed by atoms with Crippen LogP contribution in [0.5, 0.6) is 0 Å². The maximum absolute atomic E-state index is 13.4. The van der Waals surface area contributed by atoms with Crippen molar-refractivity contribution in [1.29, 1.82) is 0 Å². The van der Waals surface area contributed by atoms with Gasteiger partial charge >= 0.3 is 0 Å². The number of nitro benzene ring substituents is 1. The number of aromatic nitrogens is 1. The average molecular weight is 431 g/mol. The van der Waals surface area contributed by atoms with Gasteiger partial charge in [-0.25, -0.2) is 4.99 Å². The van der Waals surface area contributed by atoms with Crippen LogP contribution >= 0.6 is 11.3 Å². The lowest BCUT2D eigenvalue weighted by atomic mass is 9.86. The summed E-state index contributed by atoms with van der Waals surface area (Å²) in [6.07, 6.45) is 3.56. The minimum atomic E-state index is -0.507. The zero-order chi connectivity index (χ0) is 21.5. The number of hydrogen-bond donors (Lipinski definition) is 0. The van der Waals surface area contributed by atoms with E-state index in [-0.39, 0.29) is 17.0 Å². The third kappa shape index (κ3) is 3.34. The van der Waals surface area contributed by atoms with Gasteiger partial charge in [0.25, 0.3) is 11.2 Å². The largest absolute Gasteiger partial charge is 0.294 e. The summed E-state index contributed by atoms with van der Waals surface area (Å²) >= 11 is 1.24. The van der Waals surface area contributed by atoms with E-state index in [0.29, 0.717) is 33.3 Å². The van der Waals surface area contributed by atoms with Gasteiger partial charge in [-0.15, -0.1) is 0 Å². The lowest BCUT2D eigenvalue weighted by Gasteiger charge is -2.28. The smallest absolute Gasteiger partial charge is 0.271 e. The molecule has 7 nitrogen and oxygen atoms in total. The van der Waals surface area contributed by atoms with Crippen LogP contribution in [0.15, 0.2) is 75.7 Å². The molecule has 8 heteroatoms. The molecule has 2 heterocycles. The summed E-state index contributed by atoms with van der Waals surface area (Å²) in [5.74, 6) is 0.0341. The molecular weight excluding hydrogens is 414 g/mol. The van der Waals surface area contributed by atoms with Crippen LogP contribution < -0.4 is 14.9 Å². The Morgan fingerprint density at radius 1 is 1.10 bits per heavy atom. The number of rotatable bonds is 3. The Morgan fingerprint density at radius 2 is 1.90 bits per heavy atom. The van der Waals surface area contributed by atoms with E-state index in [9.17, 15) is 19.7 Å². The van der Waals surface area contributed by atoms with Crippen molar-refractivity contribution in [2.75, 3.05) is 0 Å². The molecule has 0 spiro atoms. The van der Waals surface area contributed by atoms with Crippen LogP contribution in [0.25, 0.3) is 6.08 Å². The van der Waals surface area contributed by atoms with Crippen LogP contribution in [-0.2, 0) is 4.79 Å². The van der Waals surface area contributed by atoms with Crippen molar-refractivity contribution in [3.05, 3.63) is 107 Å². The van der Waals surface area contributed by atoms with Crippen LogP contribution in [0.4, 0.5) is 5.69 Å². The lowest BCUT2D eigenvalue weighted by molar-refractivity contribution is -0.384. The van der Waals surface area contributed by atoms with Gasteiger partial charge in [0.15, 0.2) is 10.6 Å². The van der Waals surface area contributed by atoms with Gasteiger partial charge in [0.2, 0.25) is 0 Å². The van der Waals surface area contributed by atoms with Crippen LogP contribution in [0, 0.1) is 10.1 Å². The van der Waals surface area contributed by atoms with Crippen molar-refractivity contribution in [1.82, 2.24) is 4.57 Å². The highest BCUT2D eigenvalue weighted by atomic mass is 32.1. The number of Topliss-reactive ketones (excluding diaryl/α,β-unsaturated/α-hetero) is 1. The molecule has 0 saturated carbocycles. The van der Waals surface area contributed by atoms with Gasteiger partial charge in [-0.1, -0.05) is 53.8 Å². The van der Waals surface area contributed by atoms with E-state index < -0.39 is 11.0 Å². The van der Waals surface area contributed by atoms with E-state index in [2.05, 4.69) is 4.99 Å². The maximum Gasteiger partial charge on any atom is 0.271 e. The van der Waals surface area contributed by atoms with Gasteiger partial charge in [-0.2, -0.15) is 0 Å². The number of non-ortho nitro benzene ring substituents is 1. The Kier molecular flexibility index (Phi) is 4.71. The fraction of sp³-hybridized carbons (Fsp3) is 0.174. The first-order valence-electron chi connectivity index (χ1n) is 9.90. The van der Waals surface area contributed by atoms with Gasteiger partial charge in [0.1, 0.15) is 0 Å². The molecule has 0 amide bonds. The molecule has 1 aliphatic heterocycles. The number of carbonyl (C=O) groups excluding carboxylic acids is 1. The van der Waals surface area contributed by atoms with E-state index in [1.165, 1.54) is 23.5 Å². The van der Waals surface area contributed by atoms with E-state index in [1.54, 1.807) is 22.8 Å². The second-order valence-electron chi connectivity index (χ2n) is 7.48. The second kappa shape index (κ2) is 7.55. The minimum absolute atomic E-state index is 0.0341. The fourth-order valence-corrected chi connectivity index (χ4v) is 5.16. The number of nitro groups is 1. The molecule has 1 aromatic heterocycles. The number of thiazole rings is 1. The van der Waals surface area contributed by atoms with E-state index >= 15 is 0 Å². The van der Waals surface area contributed by atoms with Crippen LogP contribution in [-0.4, -0.2) is 15.3 Å². The van der Waals surface area contributed by atoms with Gasteiger partial charge < -0.3 is 0 Å².